The molecular weight excluding hydrogens is 292 g/mol. The van der Waals surface area contributed by atoms with Gasteiger partial charge in [0.2, 0.25) is 6.08 Å². The van der Waals surface area contributed by atoms with E-state index < -0.39 is 5.97 Å². The van der Waals surface area contributed by atoms with Gasteiger partial charge in [-0.3, -0.25) is 0 Å². The van der Waals surface area contributed by atoms with Crippen molar-refractivity contribution in [2.75, 3.05) is 0 Å². The topological polar surface area (TPSA) is 79.6 Å². The molecule has 0 spiro atoms. The minimum Gasteiger partial charge on any atom is -0.478 e. The zero-order valence-electron chi connectivity index (χ0n) is 12.3. The largest absolute Gasteiger partial charge is 0.478 e. The Kier molecular flexibility index (Phi) is 3.71. The third-order valence-corrected chi connectivity index (χ3v) is 3.53. The summed E-state index contributed by atoms with van der Waals surface area (Å²) < 4.78 is 0. The zero-order valence-corrected chi connectivity index (χ0v) is 12.3. The van der Waals surface area contributed by atoms with E-state index in [1.807, 2.05) is 25.1 Å². The summed E-state index contributed by atoms with van der Waals surface area (Å²) in [7, 11) is 0. The number of pyridine rings is 1. The lowest BCUT2D eigenvalue weighted by molar-refractivity contribution is 0.0699. The number of aromatic nitrogens is 1. The summed E-state index contributed by atoms with van der Waals surface area (Å²) >= 11 is 0. The van der Waals surface area contributed by atoms with Crippen molar-refractivity contribution in [2.45, 2.75) is 6.92 Å². The molecule has 0 aliphatic rings. The van der Waals surface area contributed by atoms with E-state index in [0.29, 0.717) is 22.3 Å². The molecule has 3 rings (SSSR count). The molecular formula is C18H12N2O3. The molecule has 0 radical (unpaired) electrons. The third-order valence-electron chi connectivity index (χ3n) is 3.53. The Morgan fingerprint density at radius 3 is 2.52 bits per heavy atom. The minimum atomic E-state index is -0.994. The number of isocyanates is 1. The van der Waals surface area contributed by atoms with E-state index in [1.165, 1.54) is 6.08 Å². The number of aliphatic imine (C=N–C) groups is 1. The van der Waals surface area contributed by atoms with Crippen LogP contribution in [0.3, 0.4) is 0 Å². The van der Waals surface area contributed by atoms with Gasteiger partial charge in [0.25, 0.3) is 0 Å². The number of benzene rings is 2. The van der Waals surface area contributed by atoms with E-state index in [0.717, 1.165) is 11.1 Å². The first-order chi connectivity index (χ1) is 11.1. The molecule has 0 bridgehead atoms. The summed E-state index contributed by atoms with van der Waals surface area (Å²) in [5.41, 5.74) is 3.61. The molecule has 3 aromatic rings. The first-order valence-corrected chi connectivity index (χ1v) is 6.91. The van der Waals surface area contributed by atoms with Crippen molar-refractivity contribution in [3.8, 4) is 11.3 Å². The Morgan fingerprint density at radius 1 is 1.13 bits per heavy atom. The van der Waals surface area contributed by atoms with Crippen molar-refractivity contribution in [1.82, 2.24) is 4.98 Å². The lowest BCUT2D eigenvalue weighted by atomic mass is 10.0. The normalized spacial score (nSPS) is 10.3. The van der Waals surface area contributed by atoms with Gasteiger partial charge in [-0.25, -0.2) is 14.6 Å². The summed E-state index contributed by atoms with van der Waals surface area (Å²) in [6, 6.07) is 13.9. The van der Waals surface area contributed by atoms with Gasteiger partial charge in [-0.15, -0.1) is 0 Å². The number of hydrogen-bond acceptors (Lipinski definition) is 4. The van der Waals surface area contributed by atoms with Gasteiger partial charge >= 0.3 is 5.97 Å². The average molecular weight is 304 g/mol. The van der Waals surface area contributed by atoms with E-state index in [-0.39, 0.29) is 5.56 Å². The van der Waals surface area contributed by atoms with Crippen LogP contribution in [0.1, 0.15) is 15.9 Å². The minimum absolute atomic E-state index is 0.212. The first kappa shape index (κ1) is 14.6. The maximum absolute atomic E-state index is 11.6. The molecule has 0 aliphatic carbocycles. The van der Waals surface area contributed by atoms with Crippen molar-refractivity contribution >= 4 is 28.6 Å². The summed E-state index contributed by atoms with van der Waals surface area (Å²) in [6.45, 7) is 1.91. The summed E-state index contributed by atoms with van der Waals surface area (Å²) in [5.74, 6) is -0.994. The van der Waals surface area contributed by atoms with Crippen LogP contribution in [-0.4, -0.2) is 22.1 Å². The first-order valence-electron chi connectivity index (χ1n) is 6.91. The fourth-order valence-corrected chi connectivity index (χ4v) is 2.42. The van der Waals surface area contributed by atoms with Crippen molar-refractivity contribution in [1.29, 1.82) is 0 Å². The van der Waals surface area contributed by atoms with Gasteiger partial charge in [0.1, 0.15) is 0 Å². The van der Waals surface area contributed by atoms with Crippen molar-refractivity contribution in [2.24, 2.45) is 4.99 Å². The summed E-state index contributed by atoms with van der Waals surface area (Å²) in [4.78, 5) is 29.9. The molecule has 0 aliphatic heterocycles. The average Bonchev–Trinajstić information content (AvgIpc) is 2.55. The number of carboxylic acid groups (broad SMARTS) is 1. The molecule has 2 aromatic carbocycles. The van der Waals surface area contributed by atoms with E-state index in [9.17, 15) is 14.7 Å². The molecule has 1 aromatic heterocycles. The number of aryl methyl sites for hydroxylation is 1. The molecule has 1 heterocycles. The fraction of sp³-hybridized carbons (Fsp3) is 0.0556. The van der Waals surface area contributed by atoms with E-state index in [2.05, 4.69) is 9.98 Å². The molecule has 0 saturated heterocycles. The van der Waals surface area contributed by atoms with Crippen LogP contribution in [0.2, 0.25) is 0 Å². The van der Waals surface area contributed by atoms with Crippen molar-refractivity contribution < 1.29 is 14.7 Å². The zero-order chi connectivity index (χ0) is 16.4. The third kappa shape index (κ3) is 2.86. The predicted octanol–water partition coefficient (Wildman–Crippen LogP) is 3.88. The SMILES string of the molecule is Cc1ccc2nc(-c3ccc(N=C=O)cc3)cc(C(=O)O)c2c1. The van der Waals surface area contributed by atoms with Gasteiger partial charge < -0.3 is 5.11 Å². The Labute approximate surface area is 131 Å². The molecule has 0 amide bonds. The Morgan fingerprint density at radius 2 is 1.87 bits per heavy atom. The maximum Gasteiger partial charge on any atom is 0.336 e. The number of hydrogen-bond donors (Lipinski definition) is 1. The van der Waals surface area contributed by atoms with Gasteiger partial charge in [0.05, 0.1) is 22.5 Å². The van der Waals surface area contributed by atoms with Crippen LogP contribution >= 0.6 is 0 Å². The van der Waals surface area contributed by atoms with Crippen LogP contribution in [0.15, 0.2) is 53.5 Å². The second-order valence-corrected chi connectivity index (χ2v) is 5.13. The molecule has 5 nitrogen and oxygen atoms in total. The van der Waals surface area contributed by atoms with Crippen LogP contribution in [0.4, 0.5) is 5.69 Å². The summed E-state index contributed by atoms with van der Waals surface area (Å²) in [6.07, 6.45) is 1.48. The van der Waals surface area contributed by atoms with Gasteiger partial charge in [-0.1, -0.05) is 23.8 Å². The standard InChI is InChI=1S/C18H12N2O3/c1-11-2-7-16-14(8-11)15(18(22)23)9-17(20-16)12-3-5-13(6-4-12)19-10-21/h2-9H,1H3,(H,22,23). The van der Waals surface area contributed by atoms with Crippen LogP contribution in [0, 0.1) is 6.92 Å². The van der Waals surface area contributed by atoms with Gasteiger partial charge in [-0.2, -0.15) is 4.99 Å². The van der Waals surface area contributed by atoms with E-state index in [1.54, 1.807) is 30.3 Å². The lowest BCUT2D eigenvalue weighted by Crippen LogP contribution is -2.00. The Bertz CT molecular complexity index is 956. The monoisotopic (exact) mass is 304 g/mol. The molecule has 0 unspecified atom stereocenters. The molecule has 23 heavy (non-hydrogen) atoms. The Hall–Kier alpha value is -3.30. The Balaban J connectivity index is 2.20. The van der Waals surface area contributed by atoms with Crippen LogP contribution in [0.5, 0.6) is 0 Å². The molecule has 0 atom stereocenters. The maximum atomic E-state index is 11.6. The highest BCUT2D eigenvalue weighted by molar-refractivity contribution is 6.04. The van der Waals surface area contributed by atoms with Gasteiger partial charge in [0, 0.05) is 10.9 Å². The van der Waals surface area contributed by atoms with Crippen molar-refractivity contribution in [3.05, 3.63) is 59.7 Å². The van der Waals surface area contributed by atoms with Gasteiger partial charge in [-0.05, 0) is 37.3 Å². The second kappa shape index (κ2) is 5.83. The molecule has 0 fully saturated rings. The van der Waals surface area contributed by atoms with E-state index >= 15 is 0 Å². The molecule has 5 heteroatoms. The number of carboxylic acids is 1. The quantitative estimate of drug-likeness (QED) is 0.588. The van der Waals surface area contributed by atoms with Crippen LogP contribution in [0.25, 0.3) is 22.2 Å². The predicted molar refractivity (Wildman–Crippen MR) is 86.7 cm³/mol. The fourth-order valence-electron chi connectivity index (χ4n) is 2.42. The summed E-state index contributed by atoms with van der Waals surface area (Å²) in [5, 5.41) is 10.1. The van der Waals surface area contributed by atoms with Crippen molar-refractivity contribution in [3.63, 3.8) is 0 Å². The van der Waals surface area contributed by atoms with Gasteiger partial charge in [0.15, 0.2) is 0 Å². The number of carbonyl (C=O) groups excluding carboxylic acids is 1. The number of rotatable bonds is 3. The molecule has 112 valence electrons. The lowest BCUT2D eigenvalue weighted by Gasteiger charge is -2.08. The number of fused-ring (bicyclic) bond motifs is 1. The van der Waals surface area contributed by atoms with E-state index in [4.69, 9.17) is 0 Å². The number of nitrogens with zero attached hydrogens (tertiary/aromatic N) is 2. The molecule has 0 saturated carbocycles. The molecule has 1 N–H and O–H groups in total. The number of carbonyl (C=O) groups is 1. The smallest absolute Gasteiger partial charge is 0.336 e. The highest BCUT2D eigenvalue weighted by atomic mass is 16.4. The number of aromatic carboxylic acids is 1. The van der Waals surface area contributed by atoms with Crippen LogP contribution < -0.4 is 0 Å². The van der Waals surface area contributed by atoms with Crippen LogP contribution in [-0.2, 0) is 4.79 Å². The highest BCUT2D eigenvalue weighted by Gasteiger charge is 2.13. The second-order valence-electron chi connectivity index (χ2n) is 5.13. The highest BCUT2D eigenvalue weighted by Crippen LogP contribution is 2.27.